The van der Waals surface area contributed by atoms with Crippen molar-refractivity contribution in [2.24, 2.45) is 0 Å². The summed E-state index contributed by atoms with van der Waals surface area (Å²) in [4.78, 5) is 2.62. The molecule has 0 aliphatic heterocycles. The Bertz CT molecular complexity index is 577. The molecule has 2 aromatic rings. The first-order chi connectivity index (χ1) is 8.82. The largest absolute Gasteiger partial charge is 0.143 e. The number of aryl methyl sites for hydroxylation is 4. The van der Waals surface area contributed by atoms with Crippen LogP contribution in [0.3, 0.4) is 0 Å². The average molecular weight is 293 g/mol. The summed E-state index contributed by atoms with van der Waals surface area (Å²) in [6.07, 6.45) is 0. The Morgan fingerprint density at radius 2 is 1.37 bits per heavy atom. The molecule has 0 saturated heterocycles. The van der Waals surface area contributed by atoms with Gasteiger partial charge in [0.15, 0.2) is 0 Å². The van der Waals surface area contributed by atoms with Gasteiger partial charge in [-0.3, -0.25) is 0 Å². The molecule has 19 heavy (non-hydrogen) atoms. The highest BCUT2D eigenvalue weighted by Crippen LogP contribution is 2.39. The Morgan fingerprint density at radius 1 is 0.842 bits per heavy atom. The van der Waals surface area contributed by atoms with Crippen molar-refractivity contribution in [3.8, 4) is 0 Å². The van der Waals surface area contributed by atoms with Crippen LogP contribution in [-0.4, -0.2) is 0 Å². The first-order valence-corrected chi connectivity index (χ1v) is 7.86. The van der Waals surface area contributed by atoms with Crippen molar-refractivity contribution in [3.05, 3.63) is 55.3 Å². The van der Waals surface area contributed by atoms with E-state index >= 15 is 0 Å². The van der Waals surface area contributed by atoms with Crippen molar-refractivity contribution < 1.29 is 0 Å². The van der Waals surface area contributed by atoms with E-state index in [9.17, 15) is 0 Å². The number of rotatable bonds is 2. The van der Waals surface area contributed by atoms with Crippen LogP contribution in [-0.2, 0) is 0 Å². The first kappa shape index (κ1) is 14.6. The van der Waals surface area contributed by atoms with E-state index < -0.39 is 0 Å². The van der Waals surface area contributed by atoms with Crippen molar-refractivity contribution >= 4 is 22.9 Å². The number of halogens is 1. The van der Waals surface area contributed by atoms with Crippen LogP contribution in [0.2, 0.25) is 0 Å². The fourth-order valence-electron chi connectivity index (χ4n) is 2.50. The van der Waals surface area contributed by atoms with Crippen molar-refractivity contribution in [1.29, 1.82) is 0 Å². The maximum absolute atomic E-state index is 6.78. The van der Waals surface area contributed by atoms with Gasteiger partial charge in [0.05, 0.1) is 5.38 Å². The van der Waals surface area contributed by atoms with E-state index in [-0.39, 0.29) is 5.38 Å². The van der Waals surface area contributed by atoms with Crippen LogP contribution in [0.4, 0.5) is 0 Å². The highest BCUT2D eigenvalue weighted by molar-refractivity contribution is 7.12. The molecule has 0 saturated carbocycles. The predicted octanol–water partition coefficient (Wildman–Crippen LogP) is 5.93. The lowest BCUT2D eigenvalue weighted by atomic mass is 9.91. The van der Waals surface area contributed by atoms with Gasteiger partial charge < -0.3 is 0 Å². The Hall–Kier alpha value is -0.790. The Morgan fingerprint density at radius 3 is 1.79 bits per heavy atom. The minimum absolute atomic E-state index is 0.0315. The molecular weight excluding hydrogens is 272 g/mol. The van der Waals surface area contributed by atoms with Gasteiger partial charge in [0.2, 0.25) is 0 Å². The first-order valence-electron chi connectivity index (χ1n) is 6.61. The molecule has 0 nitrogen and oxygen atoms in total. The summed E-state index contributed by atoms with van der Waals surface area (Å²) in [5.74, 6) is 0. The fourth-order valence-corrected chi connectivity index (χ4v) is 4.05. The van der Waals surface area contributed by atoms with Crippen molar-refractivity contribution in [2.75, 3.05) is 0 Å². The molecular formula is C17H21ClS. The molecule has 0 radical (unpaired) electrons. The van der Waals surface area contributed by atoms with E-state index in [1.807, 2.05) is 11.3 Å². The van der Waals surface area contributed by atoms with Gasteiger partial charge in [0.25, 0.3) is 0 Å². The Labute approximate surface area is 125 Å². The Kier molecular flexibility index (Phi) is 4.08. The molecule has 1 atom stereocenters. The number of thiophene rings is 1. The molecule has 0 spiro atoms. The van der Waals surface area contributed by atoms with Gasteiger partial charge in [0, 0.05) is 9.75 Å². The maximum atomic E-state index is 6.78. The summed E-state index contributed by atoms with van der Waals surface area (Å²) < 4.78 is 0. The third-order valence-corrected chi connectivity index (χ3v) is 5.91. The summed E-state index contributed by atoms with van der Waals surface area (Å²) >= 11 is 8.60. The molecule has 0 fully saturated rings. The molecule has 0 amide bonds. The van der Waals surface area contributed by atoms with E-state index in [2.05, 4.69) is 53.7 Å². The second kappa shape index (κ2) is 5.30. The highest BCUT2D eigenvalue weighted by atomic mass is 35.5. The second-order valence-corrected chi connectivity index (χ2v) is 7.15. The molecule has 1 aromatic heterocycles. The molecule has 0 aliphatic rings. The number of benzene rings is 1. The van der Waals surface area contributed by atoms with E-state index in [0.29, 0.717) is 0 Å². The van der Waals surface area contributed by atoms with Crippen molar-refractivity contribution in [2.45, 2.75) is 46.9 Å². The van der Waals surface area contributed by atoms with Crippen LogP contribution < -0.4 is 0 Å². The molecule has 0 aliphatic carbocycles. The van der Waals surface area contributed by atoms with Gasteiger partial charge in [-0.1, -0.05) is 6.07 Å². The summed E-state index contributed by atoms with van der Waals surface area (Å²) in [7, 11) is 0. The number of hydrogen-bond donors (Lipinski definition) is 0. The summed E-state index contributed by atoms with van der Waals surface area (Å²) in [6.45, 7) is 13.0. The van der Waals surface area contributed by atoms with Crippen LogP contribution in [0.5, 0.6) is 0 Å². The molecule has 0 bridgehead atoms. The van der Waals surface area contributed by atoms with Crippen LogP contribution in [0.15, 0.2) is 12.1 Å². The van der Waals surface area contributed by atoms with Crippen LogP contribution >= 0.6 is 22.9 Å². The predicted molar refractivity (Wildman–Crippen MR) is 86.9 cm³/mol. The fraction of sp³-hybridized carbons (Fsp3) is 0.412. The molecule has 2 heteroatoms. The smallest absolute Gasteiger partial charge is 0.0933 e. The quantitative estimate of drug-likeness (QED) is 0.602. The standard InChI is InChI=1S/C17H21ClS/c1-9-7-10(2)13(5)16(12(9)4)17(18)15-8-11(3)14(6)19-15/h7-8,17H,1-6H3. The molecule has 1 unspecified atom stereocenters. The van der Waals surface area contributed by atoms with Gasteiger partial charge in [-0.05, 0) is 81.0 Å². The lowest BCUT2D eigenvalue weighted by Crippen LogP contribution is -2.02. The molecule has 0 N–H and O–H groups in total. The topological polar surface area (TPSA) is 0 Å². The zero-order valence-corrected chi connectivity index (χ0v) is 14.1. The van der Waals surface area contributed by atoms with Gasteiger partial charge in [-0.25, -0.2) is 0 Å². The lowest BCUT2D eigenvalue weighted by Gasteiger charge is -2.19. The van der Waals surface area contributed by atoms with Gasteiger partial charge >= 0.3 is 0 Å². The van der Waals surface area contributed by atoms with Crippen LogP contribution in [0.1, 0.15) is 48.5 Å². The minimum atomic E-state index is -0.0315. The maximum Gasteiger partial charge on any atom is 0.0933 e. The van der Waals surface area contributed by atoms with Crippen LogP contribution in [0.25, 0.3) is 0 Å². The zero-order chi connectivity index (χ0) is 14.3. The monoisotopic (exact) mass is 292 g/mol. The Balaban J connectivity index is 2.58. The molecule has 2 rings (SSSR count). The average Bonchev–Trinajstić information content (AvgIpc) is 2.67. The van der Waals surface area contributed by atoms with Crippen LogP contribution in [0, 0.1) is 41.5 Å². The normalized spacial score (nSPS) is 12.8. The SMILES string of the molecule is Cc1cc(C(Cl)c2c(C)c(C)cc(C)c2C)sc1C. The van der Waals surface area contributed by atoms with Crippen molar-refractivity contribution in [1.82, 2.24) is 0 Å². The summed E-state index contributed by atoms with van der Waals surface area (Å²) in [5.41, 5.74) is 7.94. The van der Waals surface area contributed by atoms with E-state index in [0.717, 1.165) is 0 Å². The van der Waals surface area contributed by atoms with E-state index in [1.54, 1.807) is 0 Å². The van der Waals surface area contributed by atoms with E-state index in [1.165, 1.54) is 43.1 Å². The third-order valence-electron chi connectivity index (χ3n) is 4.11. The third kappa shape index (κ3) is 2.59. The molecule has 1 aromatic carbocycles. The van der Waals surface area contributed by atoms with Crippen molar-refractivity contribution in [3.63, 3.8) is 0 Å². The highest BCUT2D eigenvalue weighted by Gasteiger charge is 2.20. The second-order valence-electron chi connectivity index (χ2n) is 5.42. The lowest BCUT2D eigenvalue weighted by molar-refractivity contribution is 1.07. The van der Waals surface area contributed by atoms with Gasteiger partial charge in [-0.2, -0.15) is 0 Å². The van der Waals surface area contributed by atoms with Gasteiger partial charge in [0.1, 0.15) is 0 Å². The molecule has 1 heterocycles. The summed E-state index contributed by atoms with van der Waals surface area (Å²) in [6, 6.07) is 4.48. The van der Waals surface area contributed by atoms with E-state index in [4.69, 9.17) is 11.6 Å². The number of hydrogen-bond acceptors (Lipinski definition) is 1. The number of alkyl halides is 1. The minimum Gasteiger partial charge on any atom is -0.143 e. The summed E-state index contributed by atoms with van der Waals surface area (Å²) in [5, 5.41) is -0.0315. The van der Waals surface area contributed by atoms with Gasteiger partial charge in [-0.15, -0.1) is 22.9 Å². The molecule has 102 valence electrons. The zero-order valence-electron chi connectivity index (χ0n) is 12.5.